The third-order valence-corrected chi connectivity index (χ3v) is 7.03. The van der Waals surface area contributed by atoms with E-state index in [4.69, 9.17) is 11.6 Å². The molecule has 1 amide bonds. The van der Waals surface area contributed by atoms with Crippen LogP contribution in [0.4, 0.5) is 0 Å². The molecule has 0 saturated carbocycles. The summed E-state index contributed by atoms with van der Waals surface area (Å²) in [7, 11) is -3.82. The molecule has 2 aromatic carbocycles. The number of nitrogens with one attached hydrogen (secondary N) is 2. The smallest absolute Gasteiger partial charge is 0.251 e. The van der Waals surface area contributed by atoms with Crippen molar-refractivity contribution in [2.24, 2.45) is 0 Å². The predicted molar refractivity (Wildman–Crippen MR) is 107 cm³/mol. The average Bonchev–Trinajstić information content (AvgIpc) is 3.22. The molecule has 1 heterocycles. The molecule has 0 aliphatic heterocycles. The Bertz CT molecular complexity index is 1010. The van der Waals surface area contributed by atoms with Gasteiger partial charge in [0.15, 0.2) is 0 Å². The van der Waals surface area contributed by atoms with Crippen LogP contribution >= 0.6 is 22.9 Å². The van der Waals surface area contributed by atoms with Crippen molar-refractivity contribution in [3.63, 3.8) is 0 Å². The van der Waals surface area contributed by atoms with Crippen LogP contribution in [0.3, 0.4) is 0 Å². The number of halogens is 1. The highest BCUT2D eigenvalue weighted by atomic mass is 35.5. The SMILES string of the molecule is O=C(NCc1ccccc1Cl)[C@H](NS(=O)(=O)c1cccs1)c1ccccc1. The Balaban J connectivity index is 1.82. The van der Waals surface area contributed by atoms with Crippen LogP contribution in [0, 0.1) is 0 Å². The zero-order valence-corrected chi connectivity index (χ0v) is 16.5. The highest BCUT2D eigenvalue weighted by Crippen LogP contribution is 2.21. The molecule has 0 spiro atoms. The van der Waals surface area contributed by atoms with Crippen molar-refractivity contribution >= 4 is 38.9 Å². The third-order valence-electron chi connectivity index (χ3n) is 3.84. The maximum absolute atomic E-state index is 12.8. The lowest BCUT2D eigenvalue weighted by Gasteiger charge is -2.19. The van der Waals surface area contributed by atoms with Crippen LogP contribution < -0.4 is 10.0 Å². The largest absolute Gasteiger partial charge is 0.350 e. The van der Waals surface area contributed by atoms with Gasteiger partial charge in [0.05, 0.1) is 0 Å². The first kappa shape index (κ1) is 19.6. The van der Waals surface area contributed by atoms with Crippen molar-refractivity contribution < 1.29 is 13.2 Å². The highest BCUT2D eigenvalue weighted by Gasteiger charge is 2.27. The van der Waals surface area contributed by atoms with E-state index in [0.29, 0.717) is 10.6 Å². The van der Waals surface area contributed by atoms with E-state index in [1.54, 1.807) is 60.0 Å². The zero-order chi connectivity index (χ0) is 19.3. The highest BCUT2D eigenvalue weighted by molar-refractivity contribution is 7.91. The van der Waals surface area contributed by atoms with E-state index in [0.717, 1.165) is 16.9 Å². The molecule has 27 heavy (non-hydrogen) atoms. The molecule has 0 unspecified atom stereocenters. The lowest BCUT2D eigenvalue weighted by Crippen LogP contribution is -2.40. The Hall–Kier alpha value is -2.19. The van der Waals surface area contributed by atoms with Gasteiger partial charge in [-0.3, -0.25) is 4.79 Å². The normalized spacial score (nSPS) is 12.5. The van der Waals surface area contributed by atoms with Gasteiger partial charge in [-0.2, -0.15) is 4.72 Å². The van der Waals surface area contributed by atoms with Crippen LogP contribution in [0.2, 0.25) is 5.02 Å². The summed E-state index contributed by atoms with van der Waals surface area (Å²) in [5.74, 6) is -0.457. The molecule has 0 aliphatic carbocycles. The van der Waals surface area contributed by atoms with Crippen LogP contribution in [0.15, 0.2) is 76.3 Å². The Labute approximate surface area is 167 Å². The second kappa shape index (κ2) is 8.67. The summed E-state index contributed by atoms with van der Waals surface area (Å²) in [5.41, 5.74) is 1.30. The minimum atomic E-state index is -3.82. The Morgan fingerprint density at radius 1 is 1.00 bits per heavy atom. The van der Waals surface area contributed by atoms with Gasteiger partial charge in [0.25, 0.3) is 10.0 Å². The fraction of sp³-hybridized carbons (Fsp3) is 0.105. The van der Waals surface area contributed by atoms with E-state index in [1.165, 1.54) is 6.07 Å². The second-order valence-electron chi connectivity index (χ2n) is 5.71. The maximum atomic E-state index is 12.8. The standard InChI is InChI=1S/C19H17ClN2O3S2/c20-16-10-5-4-9-15(16)13-21-19(23)18(14-7-2-1-3-8-14)22-27(24,25)17-11-6-12-26-17/h1-12,18,22H,13H2,(H,21,23)/t18-/m1/s1. The number of carbonyl (C=O) groups is 1. The Morgan fingerprint density at radius 3 is 2.37 bits per heavy atom. The number of rotatable bonds is 7. The van der Waals surface area contributed by atoms with E-state index in [2.05, 4.69) is 10.0 Å². The number of thiophene rings is 1. The number of hydrogen-bond donors (Lipinski definition) is 2. The van der Waals surface area contributed by atoms with Crippen molar-refractivity contribution in [3.05, 3.63) is 88.3 Å². The van der Waals surface area contributed by atoms with Crippen LogP contribution in [0.1, 0.15) is 17.2 Å². The molecule has 5 nitrogen and oxygen atoms in total. The maximum Gasteiger partial charge on any atom is 0.251 e. The fourth-order valence-electron chi connectivity index (χ4n) is 2.47. The van der Waals surface area contributed by atoms with Gasteiger partial charge in [-0.1, -0.05) is 66.2 Å². The van der Waals surface area contributed by atoms with Crippen LogP contribution in [-0.2, 0) is 21.4 Å². The topological polar surface area (TPSA) is 75.3 Å². The van der Waals surface area contributed by atoms with Crippen molar-refractivity contribution in [2.45, 2.75) is 16.8 Å². The summed E-state index contributed by atoms with van der Waals surface area (Å²) in [6, 6.07) is 18.0. The molecule has 0 aliphatic rings. The van der Waals surface area contributed by atoms with Crippen molar-refractivity contribution in [1.29, 1.82) is 0 Å². The number of carbonyl (C=O) groups excluding carboxylic acids is 1. The van der Waals surface area contributed by atoms with E-state index in [1.807, 2.05) is 6.07 Å². The second-order valence-corrected chi connectivity index (χ2v) is 9.00. The molecule has 2 N–H and O–H groups in total. The molecule has 1 atom stereocenters. The molecule has 3 aromatic rings. The van der Waals surface area contributed by atoms with Gasteiger partial charge >= 0.3 is 0 Å². The fourth-order valence-corrected chi connectivity index (χ4v) is 4.87. The van der Waals surface area contributed by atoms with Crippen LogP contribution in [0.5, 0.6) is 0 Å². The molecule has 3 rings (SSSR count). The lowest BCUT2D eigenvalue weighted by molar-refractivity contribution is -0.123. The number of sulfonamides is 1. The third kappa shape index (κ3) is 4.95. The molecule has 0 bridgehead atoms. The summed E-state index contributed by atoms with van der Waals surface area (Å²) in [4.78, 5) is 12.8. The first-order chi connectivity index (χ1) is 13.0. The Kier molecular flexibility index (Phi) is 6.28. The van der Waals surface area contributed by atoms with E-state index < -0.39 is 22.0 Å². The number of amides is 1. The molecule has 0 saturated heterocycles. The zero-order valence-electron chi connectivity index (χ0n) is 14.1. The van der Waals surface area contributed by atoms with Gasteiger partial charge < -0.3 is 5.32 Å². The van der Waals surface area contributed by atoms with Gasteiger partial charge in [-0.05, 0) is 28.6 Å². The van der Waals surface area contributed by atoms with Gasteiger partial charge in [-0.25, -0.2) is 8.42 Å². The monoisotopic (exact) mass is 420 g/mol. The summed E-state index contributed by atoms with van der Waals surface area (Å²) in [5, 5.41) is 4.96. The summed E-state index contributed by atoms with van der Waals surface area (Å²) in [6.45, 7) is 0.197. The number of benzene rings is 2. The minimum absolute atomic E-state index is 0.155. The van der Waals surface area contributed by atoms with Gasteiger partial charge in [0.1, 0.15) is 10.3 Å². The summed E-state index contributed by atoms with van der Waals surface area (Å²) >= 11 is 7.21. The average molecular weight is 421 g/mol. The van der Waals surface area contributed by atoms with Crippen molar-refractivity contribution in [3.8, 4) is 0 Å². The summed E-state index contributed by atoms with van der Waals surface area (Å²) < 4.78 is 27.9. The molecule has 0 fully saturated rings. The first-order valence-corrected chi connectivity index (χ1v) is 10.8. The van der Waals surface area contributed by atoms with Crippen LogP contribution in [-0.4, -0.2) is 14.3 Å². The Morgan fingerprint density at radius 2 is 1.70 bits per heavy atom. The summed E-state index contributed by atoms with van der Waals surface area (Å²) in [6.07, 6.45) is 0. The minimum Gasteiger partial charge on any atom is -0.350 e. The van der Waals surface area contributed by atoms with E-state index in [9.17, 15) is 13.2 Å². The van der Waals surface area contributed by atoms with E-state index >= 15 is 0 Å². The van der Waals surface area contributed by atoms with Gasteiger partial charge in [0, 0.05) is 11.6 Å². The van der Waals surface area contributed by atoms with Gasteiger partial charge in [0.2, 0.25) is 5.91 Å². The molecular formula is C19H17ClN2O3S2. The molecule has 8 heteroatoms. The molecule has 1 aromatic heterocycles. The quantitative estimate of drug-likeness (QED) is 0.611. The molecule has 140 valence electrons. The molecule has 0 radical (unpaired) electrons. The van der Waals surface area contributed by atoms with Gasteiger partial charge in [-0.15, -0.1) is 11.3 Å². The first-order valence-electron chi connectivity index (χ1n) is 8.09. The van der Waals surface area contributed by atoms with Crippen LogP contribution in [0.25, 0.3) is 0 Å². The van der Waals surface area contributed by atoms with Crippen molar-refractivity contribution in [2.75, 3.05) is 0 Å². The number of hydrogen-bond acceptors (Lipinski definition) is 4. The predicted octanol–water partition coefficient (Wildman–Crippen LogP) is 3.74. The molecular weight excluding hydrogens is 404 g/mol. The van der Waals surface area contributed by atoms with E-state index in [-0.39, 0.29) is 10.8 Å². The lowest BCUT2D eigenvalue weighted by atomic mass is 10.1. The van der Waals surface area contributed by atoms with Crippen molar-refractivity contribution in [1.82, 2.24) is 10.0 Å².